The van der Waals surface area contributed by atoms with Crippen molar-refractivity contribution in [3.05, 3.63) is 113 Å². The number of hydrogen-bond donors (Lipinski definition) is 0. The molecular formula is C29H23FN2O2S. The Labute approximate surface area is 207 Å². The van der Waals surface area contributed by atoms with Crippen molar-refractivity contribution in [3.8, 4) is 5.75 Å². The minimum atomic E-state index is -0.276. The third-order valence-electron chi connectivity index (χ3n) is 5.83. The van der Waals surface area contributed by atoms with Crippen molar-refractivity contribution >= 4 is 45.4 Å². The first-order valence-electron chi connectivity index (χ1n) is 11.3. The van der Waals surface area contributed by atoms with Gasteiger partial charge in [-0.05, 0) is 59.5 Å². The summed E-state index contributed by atoms with van der Waals surface area (Å²) in [4.78, 5) is 20.7. The zero-order valence-corrected chi connectivity index (χ0v) is 20.0. The summed E-state index contributed by atoms with van der Waals surface area (Å²) in [6, 6.07) is 28.0. The average molecular weight is 483 g/mol. The topological polar surface area (TPSA) is 41.9 Å². The maximum atomic E-state index is 13.5. The molecule has 174 valence electrons. The minimum Gasteiger partial charge on any atom is -0.496 e. The van der Waals surface area contributed by atoms with Crippen LogP contribution in [0.25, 0.3) is 16.8 Å². The predicted molar refractivity (Wildman–Crippen MR) is 141 cm³/mol. The normalized spacial score (nSPS) is 15.9. The maximum Gasteiger partial charge on any atom is 0.266 e. The highest BCUT2D eigenvalue weighted by Crippen LogP contribution is 2.37. The number of carbonyl (C=O) groups excluding carboxylic acids is 1. The van der Waals surface area contributed by atoms with E-state index in [2.05, 4.69) is 0 Å². The third-order valence-corrected chi connectivity index (χ3v) is 6.84. The number of fused-ring (bicyclic) bond motifs is 1. The van der Waals surface area contributed by atoms with Crippen LogP contribution in [0, 0.1) is 5.82 Å². The van der Waals surface area contributed by atoms with Crippen molar-refractivity contribution < 1.29 is 13.9 Å². The smallest absolute Gasteiger partial charge is 0.266 e. The van der Waals surface area contributed by atoms with Crippen LogP contribution in [-0.4, -0.2) is 29.6 Å². The molecule has 1 saturated heterocycles. The average Bonchev–Trinajstić information content (AvgIpc) is 3.17. The van der Waals surface area contributed by atoms with E-state index in [1.54, 1.807) is 24.1 Å². The van der Waals surface area contributed by atoms with E-state index < -0.39 is 0 Å². The van der Waals surface area contributed by atoms with Crippen LogP contribution in [-0.2, 0) is 11.2 Å². The van der Waals surface area contributed by atoms with Gasteiger partial charge >= 0.3 is 0 Å². The molecule has 35 heavy (non-hydrogen) atoms. The number of rotatable bonds is 6. The van der Waals surface area contributed by atoms with Gasteiger partial charge in [-0.25, -0.2) is 9.38 Å². The summed E-state index contributed by atoms with van der Waals surface area (Å²) in [5.74, 6) is 0.314. The minimum absolute atomic E-state index is 0.109. The fourth-order valence-corrected chi connectivity index (χ4v) is 5.02. The lowest BCUT2D eigenvalue weighted by atomic mass is 10.1. The Morgan fingerprint density at radius 2 is 1.69 bits per heavy atom. The molecule has 5 rings (SSSR count). The van der Waals surface area contributed by atoms with Crippen LogP contribution in [0.1, 0.15) is 11.1 Å². The van der Waals surface area contributed by atoms with Gasteiger partial charge in [0, 0.05) is 17.5 Å². The fourth-order valence-electron chi connectivity index (χ4n) is 4.02. The SMILES string of the molecule is COc1ccccc1/C=C1\SC(=Nc2cccc3ccccc23)N(CCc2ccc(F)cc2)C1=O. The standard InChI is InChI=1S/C29H23FN2O2S/c1-34-26-12-5-3-8-22(26)19-27-28(33)32(18-17-20-13-15-23(30)16-14-20)29(35-27)31-25-11-6-9-21-7-2-4-10-24(21)25/h2-16,19H,17-18H2,1H3/b27-19-,31-29?. The van der Waals surface area contributed by atoms with E-state index in [4.69, 9.17) is 9.73 Å². The Kier molecular flexibility index (Phi) is 6.64. The molecule has 0 spiro atoms. The van der Waals surface area contributed by atoms with Gasteiger partial charge in [-0.1, -0.05) is 66.7 Å². The van der Waals surface area contributed by atoms with Crippen molar-refractivity contribution in [2.24, 2.45) is 4.99 Å². The summed E-state index contributed by atoms with van der Waals surface area (Å²) in [5.41, 5.74) is 2.59. The zero-order chi connectivity index (χ0) is 24.2. The number of benzene rings is 4. The number of ether oxygens (including phenoxy) is 1. The number of hydrogen-bond acceptors (Lipinski definition) is 4. The van der Waals surface area contributed by atoms with E-state index in [1.807, 2.05) is 72.8 Å². The molecule has 0 N–H and O–H groups in total. The van der Waals surface area contributed by atoms with Crippen molar-refractivity contribution in [3.63, 3.8) is 0 Å². The maximum absolute atomic E-state index is 13.5. The van der Waals surface area contributed by atoms with E-state index >= 15 is 0 Å². The van der Waals surface area contributed by atoms with E-state index in [0.717, 1.165) is 27.6 Å². The number of amides is 1. The van der Waals surface area contributed by atoms with Crippen molar-refractivity contribution in [1.29, 1.82) is 0 Å². The summed E-state index contributed by atoms with van der Waals surface area (Å²) >= 11 is 1.35. The molecule has 1 heterocycles. The highest BCUT2D eigenvalue weighted by molar-refractivity contribution is 8.18. The highest BCUT2D eigenvalue weighted by atomic mass is 32.2. The number of methoxy groups -OCH3 is 1. The Morgan fingerprint density at radius 1 is 0.943 bits per heavy atom. The molecular weight excluding hydrogens is 459 g/mol. The van der Waals surface area contributed by atoms with E-state index in [1.165, 1.54) is 23.9 Å². The Hall–Kier alpha value is -3.90. The van der Waals surface area contributed by atoms with Gasteiger partial charge in [0.15, 0.2) is 5.17 Å². The molecule has 0 aliphatic carbocycles. The quantitative estimate of drug-likeness (QED) is 0.283. The Morgan fingerprint density at radius 3 is 2.51 bits per heavy atom. The number of thioether (sulfide) groups is 1. The van der Waals surface area contributed by atoms with E-state index in [9.17, 15) is 9.18 Å². The molecule has 0 aromatic heterocycles. The van der Waals surface area contributed by atoms with Crippen LogP contribution in [0.5, 0.6) is 5.75 Å². The molecule has 1 aliphatic rings. The van der Waals surface area contributed by atoms with Gasteiger partial charge in [-0.3, -0.25) is 9.69 Å². The number of aliphatic imine (C=N–C) groups is 1. The number of para-hydroxylation sites is 1. The highest BCUT2D eigenvalue weighted by Gasteiger charge is 2.33. The molecule has 1 aliphatic heterocycles. The van der Waals surface area contributed by atoms with Crippen LogP contribution >= 0.6 is 11.8 Å². The summed E-state index contributed by atoms with van der Waals surface area (Å²) in [7, 11) is 1.61. The second-order valence-corrected chi connectivity index (χ2v) is 9.09. The van der Waals surface area contributed by atoms with Crippen molar-refractivity contribution in [1.82, 2.24) is 4.90 Å². The predicted octanol–water partition coefficient (Wildman–Crippen LogP) is 6.83. The van der Waals surface area contributed by atoms with Gasteiger partial charge < -0.3 is 4.74 Å². The van der Waals surface area contributed by atoms with Crippen LogP contribution in [0.3, 0.4) is 0 Å². The lowest BCUT2D eigenvalue weighted by Crippen LogP contribution is -2.31. The molecule has 6 heteroatoms. The third kappa shape index (κ3) is 4.98. The number of halogens is 1. The fraction of sp³-hybridized carbons (Fsp3) is 0.103. The molecule has 1 amide bonds. The van der Waals surface area contributed by atoms with Crippen molar-refractivity contribution in [2.75, 3.05) is 13.7 Å². The first-order chi connectivity index (χ1) is 17.1. The van der Waals surface area contributed by atoms with E-state index in [-0.39, 0.29) is 11.7 Å². The lowest BCUT2D eigenvalue weighted by molar-refractivity contribution is -0.122. The molecule has 0 atom stereocenters. The molecule has 1 fully saturated rings. The summed E-state index contributed by atoms with van der Waals surface area (Å²) in [5, 5.41) is 2.73. The van der Waals surface area contributed by atoms with Crippen LogP contribution < -0.4 is 4.74 Å². The number of carbonyl (C=O) groups is 1. The molecule has 0 radical (unpaired) electrons. The largest absolute Gasteiger partial charge is 0.496 e. The molecule has 0 saturated carbocycles. The van der Waals surface area contributed by atoms with Gasteiger partial charge in [-0.2, -0.15) is 0 Å². The number of amidine groups is 1. The molecule has 0 unspecified atom stereocenters. The van der Waals surface area contributed by atoms with Gasteiger partial charge in [-0.15, -0.1) is 0 Å². The van der Waals surface area contributed by atoms with Crippen LogP contribution in [0.15, 0.2) is 101 Å². The summed E-state index contributed by atoms with van der Waals surface area (Å²) in [6.07, 6.45) is 2.44. The monoisotopic (exact) mass is 482 g/mol. The first-order valence-corrected chi connectivity index (χ1v) is 12.1. The molecule has 0 bridgehead atoms. The zero-order valence-electron chi connectivity index (χ0n) is 19.1. The van der Waals surface area contributed by atoms with Gasteiger partial charge in [0.25, 0.3) is 5.91 Å². The molecule has 4 nitrogen and oxygen atoms in total. The van der Waals surface area contributed by atoms with Crippen molar-refractivity contribution in [2.45, 2.75) is 6.42 Å². The van der Waals surface area contributed by atoms with Gasteiger partial charge in [0.1, 0.15) is 11.6 Å². The molecule has 4 aromatic carbocycles. The Balaban J connectivity index is 1.52. The van der Waals surface area contributed by atoms with Crippen LogP contribution in [0.4, 0.5) is 10.1 Å². The van der Waals surface area contributed by atoms with Gasteiger partial charge in [0.05, 0.1) is 17.7 Å². The second kappa shape index (κ2) is 10.2. The summed E-state index contributed by atoms with van der Waals surface area (Å²) in [6.45, 7) is 0.435. The van der Waals surface area contributed by atoms with Crippen LogP contribution in [0.2, 0.25) is 0 Å². The summed E-state index contributed by atoms with van der Waals surface area (Å²) < 4.78 is 18.8. The second-order valence-electron chi connectivity index (χ2n) is 8.08. The lowest BCUT2D eigenvalue weighted by Gasteiger charge is -2.16. The van der Waals surface area contributed by atoms with E-state index in [0.29, 0.717) is 28.8 Å². The Bertz CT molecular complexity index is 1440. The number of nitrogens with zero attached hydrogens (tertiary/aromatic N) is 2. The van der Waals surface area contributed by atoms with Gasteiger partial charge in [0.2, 0.25) is 0 Å². The molecule has 4 aromatic rings. The first kappa shape index (κ1) is 22.9.